The molecule has 2 heterocycles. The van der Waals surface area contributed by atoms with E-state index in [-0.39, 0.29) is 12.3 Å². The molecule has 0 saturated carbocycles. The summed E-state index contributed by atoms with van der Waals surface area (Å²) in [5.41, 5.74) is 0. The predicted octanol–water partition coefficient (Wildman–Crippen LogP) is 1.31. The second-order valence-corrected chi connectivity index (χ2v) is 4.68. The van der Waals surface area contributed by atoms with Gasteiger partial charge in [0.25, 0.3) is 0 Å². The molecule has 0 bridgehead atoms. The summed E-state index contributed by atoms with van der Waals surface area (Å²) in [4.78, 5) is 14.5. The molecular formula is C9H12N2O3S. The van der Waals surface area contributed by atoms with Crippen LogP contribution in [0.25, 0.3) is 0 Å². The van der Waals surface area contributed by atoms with Crippen molar-refractivity contribution in [1.29, 1.82) is 0 Å². The number of nitrogens with zero attached hydrogens (tertiary/aromatic N) is 2. The van der Waals surface area contributed by atoms with Crippen molar-refractivity contribution in [3.63, 3.8) is 0 Å². The highest BCUT2D eigenvalue weighted by Gasteiger charge is 2.21. The first kappa shape index (κ1) is 10.5. The van der Waals surface area contributed by atoms with Crippen molar-refractivity contribution in [3.8, 4) is 0 Å². The van der Waals surface area contributed by atoms with E-state index in [0.717, 1.165) is 18.6 Å². The fourth-order valence-corrected chi connectivity index (χ4v) is 2.72. The van der Waals surface area contributed by atoms with Gasteiger partial charge in [-0.2, -0.15) is 16.7 Å². The first-order chi connectivity index (χ1) is 7.25. The van der Waals surface area contributed by atoms with Crippen LogP contribution in [0.4, 0.5) is 0 Å². The average molecular weight is 228 g/mol. The molecule has 15 heavy (non-hydrogen) atoms. The molecule has 0 aromatic carbocycles. The fourth-order valence-electron chi connectivity index (χ4n) is 1.58. The fraction of sp³-hybridized carbons (Fsp3) is 0.667. The van der Waals surface area contributed by atoms with Gasteiger partial charge in [0, 0.05) is 11.7 Å². The van der Waals surface area contributed by atoms with Crippen LogP contribution in [0.1, 0.15) is 30.5 Å². The van der Waals surface area contributed by atoms with E-state index in [4.69, 9.17) is 9.63 Å². The van der Waals surface area contributed by atoms with Crippen LogP contribution in [0, 0.1) is 0 Å². The van der Waals surface area contributed by atoms with Crippen molar-refractivity contribution in [1.82, 2.24) is 10.1 Å². The van der Waals surface area contributed by atoms with Gasteiger partial charge >= 0.3 is 5.97 Å². The maximum absolute atomic E-state index is 10.4. The zero-order valence-corrected chi connectivity index (χ0v) is 9.00. The molecular weight excluding hydrogens is 216 g/mol. The van der Waals surface area contributed by atoms with Crippen LogP contribution in [-0.2, 0) is 11.2 Å². The van der Waals surface area contributed by atoms with Crippen LogP contribution >= 0.6 is 11.8 Å². The largest absolute Gasteiger partial charge is 0.481 e. The Balaban J connectivity index is 2.02. The van der Waals surface area contributed by atoms with Crippen LogP contribution in [0.2, 0.25) is 0 Å². The third-order valence-electron chi connectivity index (χ3n) is 2.31. The Labute approximate surface area is 91.2 Å². The standard InChI is InChI=1S/C9H12N2O3S/c12-8(13)4-7-10-9(11-14-7)6-2-1-3-15-5-6/h6H,1-5H2,(H,12,13). The highest BCUT2D eigenvalue weighted by atomic mass is 32.2. The van der Waals surface area contributed by atoms with Crippen molar-refractivity contribution in [2.24, 2.45) is 0 Å². The van der Waals surface area contributed by atoms with Gasteiger partial charge in [0.15, 0.2) is 5.82 Å². The lowest BCUT2D eigenvalue weighted by molar-refractivity contribution is -0.136. The van der Waals surface area contributed by atoms with Crippen LogP contribution < -0.4 is 0 Å². The molecule has 1 unspecified atom stereocenters. The Morgan fingerprint density at radius 1 is 1.67 bits per heavy atom. The van der Waals surface area contributed by atoms with E-state index in [9.17, 15) is 4.79 Å². The highest BCUT2D eigenvalue weighted by molar-refractivity contribution is 7.99. The van der Waals surface area contributed by atoms with Crippen molar-refractivity contribution < 1.29 is 14.4 Å². The van der Waals surface area contributed by atoms with Crippen LogP contribution in [-0.4, -0.2) is 32.7 Å². The minimum absolute atomic E-state index is 0.188. The second-order valence-electron chi connectivity index (χ2n) is 3.53. The maximum Gasteiger partial charge on any atom is 0.312 e. The lowest BCUT2D eigenvalue weighted by Gasteiger charge is -2.17. The number of rotatable bonds is 3. The molecule has 1 fully saturated rings. The monoisotopic (exact) mass is 228 g/mol. The van der Waals surface area contributed by atoms with Gasteiger partial charge in [-0.15, -0.1) is 0 Å². The summed E-state index contributed by atoms with van der Waals surface area (Å²) in [6.07, 6.45) is 2.05. The third-order valence-corrected chi connectivity index (χ3v) is 3.53. The quantitative estimate of drug-likeness (QED) is 0.840. The first-order valence-corrected chi connectivity index (χ1v) is 6.03. The van der Waals surface area contributed by atoms with Gasteiger partial charge in [-0.1, -0.05) is 5.16 Å². The molecule has 0 spiro atoms. The first-order valence-electron chi connectivity index (χ1n) is 4.87. The summed E-state index contributed by atoms with van der Waals surface area (Å²) < 4.78 is 4.88. The van der Waals surface area contributed by atoms with Gasteiger partial charge in [0.2, 0.25) is 5.89 Å². The van der Waals surface area contributed by atoms with Crippen molar-refractivity contribution in [3.05, 3.63) is 11.7 Å². The van der Waals surface area contributed by atoms with Crippen LogP contribution in [0.5, 0.6) is 0 Å². The molecule has 1 aromatic rings. The zero-order valence-electron chi connectivity index (χ0n) is 8.18. The van der Waals surface area contributed by atoms with Gasteiger partial charge in [-0.25, -0.2) is 0 Å². The molecule has 1 saturated heterocycles. The van der Waals surface area contributed by atoms with Crippen molar-refractivity contribution in [2.75, 3.05) is 11.5 Å². The number of thioether (sulfide) groups is 1. The molecule has 1 aromatic heterocycles. The van der Waals surface area contributed by atoms with Gasteiger partial charge < -0.3 is 9.63 Å². The molecule has 82 valence electrons. The van der Waals surface area contributed by atoms with Crippen molar-refractivity contribution in [2.45, 2.75) is 25.2 Å². The molecule has 1 N–H and O–H groups in total. The van der Waals surface area contributed by atoms with E-state index in [1.807, 2.05) is 11.8 Å². The minimum atomic E-state index is -0.941. The Morgan fingerprint density at radius 3 is 3.20 bits per heavy atom. The SMILES string of the molecule is O=C(O)Cc1nc(C2CCCSC2)no1. The molecule has 1 atom stereocenters. The van der Waals surface area contributed by atoms with E-state index in [1.165, 1.54) is 5.75 Å². The number of carboxylic acid groups (broad SMARTS) is 1. The van der Waals surface area contributed by atoms with Crippen LogP contribution in [0.15, 0.2) is 4.52 Å². The summed E-state index contributed by atoms with van der Waals surface area (Å²) in [6, 6.07) is 0. The summed E-state index contributed by atoms with van der Waals surface area (Å²) in [5, 5.41) is 12.4. The Morgan fingerprint density at radius 2 is 2.53 bits per heavy atom. The number of aromatic nitrogens is 2. The van der Waals surface area contributed by atoms with Gasteiger partial charge in [0.05, 0.1) is 0 Å². The van der Waals surface area contributed by atoms with Gasteiger partial charge in [-0.05, 0) is 18.6 Å². The third kappa shape index (κ3) is 2.71. The summed E-state index contributed by atoms with van der Waals surface area (Å²) in [6.45, 7) is 0. The summed E-state index contributed by atoms with van der Waals surface area (Å²) in [5.74, 6) is 2.45. The molecule has 6 heteroatoms. The van der Waals surface area contributed by atoms with E-state index in [0.29, 0.717) is 11.7 Å². The second kappa shape index (κ2) is 4.65. The zero-order chi connectivity index (χ0) is 10.7. The van der Waals surface area contributed by atoms with E-state index in [2.05, 4.69) is 10.1 Å². The predicted molar refractivity (Wildman–Crippen MR) is 54.9 cm³/mol. The van der Waals surface area contributed by atoms with E-state index < -0.39 is 5.97 Å². The molecule has 0 radical (unpaired) electrons. The average Bonchev–Trinajstić information content (AvgIpc) is 2.67. The number of hydrogen-bond acceptors (Lipinski definition) is 5. The number of carbonyl (C=O) groups is 1. The normalized spacial score (nSPS) is 21.5. The highest BCUT2D eigenvalue weighted by Crippen LogP contribution is 2.29. The number of hydrogen-bond donors (Lipinski definition) is 1. The Kier molecular flexibility index (Phi) is 3.25. The molecule has 2 rings (SSSR count). The van der Waals surface area contributed by atoms with E-state index in [1.54, 1.807) is 0 Å². The minimum Gasteiger partial charge on any atom is -0.481 e. The topological polar surface area (TPSA) is 76.2 Å². The summed E-state index contributed by atoms with van der Waals surface area (Å²) in [7, 11) is 0. The van der Waals surface area contributed by atoms with Gasteiger partial charge in [0.1, 0.15) is 6.42 Å². The summed E-state index contributed by atoms with van der Waals surface area (Å²) >= 11 is 1.88. The van der Waals surface area contributed by atoms with Crippen molar-refractivity contribution >= 4 is 17.7 Å². The Hall–Kier alpha value is -1.04. The number of aliphatic carboxylic acids is 1. The lowest BCUT2D eigenvalue weighted by atomic mass is 10.1. The molecule has 0 aliphatic carbocycles. The molecule has 0 amide bonds. The van der Waals surface area contributed by atoms with Gasteiger partial charge in [-0.3, -0.25) is 4.79 Å². The Bertz CT molecular complexity index is 347. The molecule has 1 aliphatic rings. The maximum atomic E-state index is 10.4. The number of carboxylic acids is 1. The van der Waals surface area contributed by atoms with E-state index >= 15 is 0 Å². The lowest BCUT2D eigenvalue weighted by Crippen LogP contribution is -2.10. The van der Waals surface area contributed by atoms with Crippen LogP contribution in [0.3, 0.4) is 0 Å². The molecule has 5 nitrogen and oxygen atoms in total. The molecule has 1 aliphatic heterocycles. The smallest absolute Gasteiger partial charge is 0.312 e.